The summed E-state index contributed by atoms with van der Waals surface area (Å²) in [6, 6.07) is 12.9. The van der Waals surface area contributed by atoms with Crippen LogP contribution in [0.15, 0.2) is 42.5 Å². The lowest BCUT2D eigenvalue weighted by molar-refractivity contribution is 0.0939. The number of carbonyl (C=O) groups excluding carboxylic acids is 1. The second-order valence-corrected chi connectivity index (χ2v) is 8.80. The van der Waals surface area contributed by atoms with Crippen LogP contribution in [0.3, 0.4) is 0 Å². The molecule has 1 fully saturated rings. The highest BCUT2D eigenvalue weighted by Crippen LogP contribution is 2.25. The van der Waals surface area contributed by atoms with Crippen molar-refractivity contribution in [3.05, 3.63) is 70.3 Å². The summed E-state index contributed by atoms with van der Waals surface area (Å²) in [5, 5.41) is 6.53. The summed E-state index contributed by atoms with van der Waals surface area (Å²) in [5.74, 6) is 0.456. The van der Waals surface area contributed by atoms with Gasteiger partial charge >= 0.3 is 0 Å². The zero-order chi connectivity index (χ0) is 21.8. The van der Waals surface area contributed by atoms with E-state index >= 15 is 0 Å². The maximum atomic E-state index is 13.2. The topological polar surface area (TPSA) is 44.4 Å². The number of hydrogen-bond donors (Lipinski definition) is 2. The van der Waals surface area contributed by atoms with Crippen LogP contribution in [-0.2, 0) is 0 Å². The van der Waals surface area contributed by atoms with Crippen LogP contribution in [0.1, 0.15) is 59.4 Å². The van der Waals surface area contributed by atoms with Crippen LogP contribution in [0.4, 0.5) is 5.69 Å². The van der Waals surface area contributed by atoms with Gasteiger partial charge in [0.05, 0.1) is 12.1 Å². The zero-order valence-electron chi connectivity index (χ0n) is 19.1. The van der Waals surface area contributed by atoms with Gasteiger partial charge in [0.1, 0.15) is 0 Å². The number of amides is 1. The second-order valence-electron chi connectivity index (χ2n) is 8.80. The number of nitrogens with zero attached hydrogens (tertiary/aromatic N) is 1. The molecule has 1 aliphatic heterocycles. The Morgan fingerprint density at radius 2 is 1.87 bits per heavy atom. The van der Waals surface area contributed by atoms with Gasteiger partial charge in [-0.15, -0.1) is 0 Å². The minimum atomic E-state index is -0.0826. The highest BCUT2D eigenvalue weighted by atomic mass is 16.1. The molecule has 3 rings (SSSR count). The molecule has 0 aromatic heterocycles. The standard InChI is InChI=1S/C26H35N3O/c1-17(2)10-13-23-18(3)8-7-9-24(23)20(5)28-26(30)25-14-21(12-11-19(25)4)29(6)22-15-27-16-22/h7-14,17,20,22,27H,15-16H2,1-6H3,(H,28,30)/b13-10-. The summed E-state index contributed by atoms with van der Waals surface area (Å²) in [7, 11) is 2.10. The van der Waals surface area contributed by atoms with Crippen molar-refractivity contribution in [2.45, 2.75) is 46.7 Å². The van der Waals surface area contributed by atoms with Gasteiger partial charge in [-0.05, 0) is 61.1 Å². The maximum absolute atomic E-state index is 13.2. The number of hydrogen-bond acceptors (Lipinski definition) is 3. The number of benzene rings is 2. The van der Waals surface area contributed by atoms with Crippen LogP contribution in [0.2, 0.25) is 0 Å². The minimum Gasteiger partial charge on any atom is -0.369 e. The van der Waals surface area contributed by atoms with Crippen molar-refractivity contribution in [2.75, 3.05) is 25.0 Å². The fourth-order valence-corrected chi connectivity index (χ4v) is 3.78. The Morgan fingerprint density at radius 1 is 1.13 bits per heavy atom. The second kappa shape index (κ2) is 9.48. The molecule has 2 aromatic rings. The smallest absolute Gasteiger partial charge is 0.252 e. The van der Waals surface area contributed by atoms with Crippen LogP contribution in [0.25, 0.3) is 6.08 Å². The van der Waals surface area contributed by atoms with Gasteiger partial charge in [0.15, 0.2) is 0 Å². The fourth-order valence-electron chi connectivity index (χ4n) is 3.78. The summed E-state index contributed by atoms with van der Waals surface area (Å²) < 4.78 is 0. The SMILES string of the molecule is Cc1ccc(N(C)C2CNC2)cc1C(=O)NC(C)c1cccc(C)c1/C=C\C(C)C. The normalized spacial score (nSPS) is 15.3. The third-order valence-corrected chi connectivity index (χ3v) is 6.00. The molecule has 0 radical (unpaired) electrons. The van der Waals surface area contributed by atoms with E-state index in [2.05, 4.69) is 86.7 Å². The van der Waals surface area contributed by atoms with E-state index in [1.165, 1.54) is 11.1 Å². The summed E-state index contributed by atoms with van der Waals surface area (Å²) in [5.41, 5.74) is 6.38. The van der Waals surface area contributed by atoms with E-state index in [9.17, 15) is 4.79 Å². The van der Waals surface area contributed by atoms with Crippen molar-refractivity contribution in [3.8, 4) is 0 Å². The molecule has 1 amide bonds. The number of allylic oxidation sites excluding steroid dienone is 1. The molecule has 0 spiro atoms. The predicted molar refractivity (Wildman–Crippen MR) is 127 cm³/mol. The highest BCUT2D eigenvalue weighted by molar-refractivity contribution is 5.97. The van der Waals surface area contributed by atoms with Crippen LogP contribution in [0.5, 0.6) is 0 Å². The Balaban J connectivity index is 1.82. The van der Waals surface area contributed by atoms with E-state index < -0.39 is 0 Å². The fraction of sp³-hybridized carbons (Fsp3) is 0.423. The molecule has 0 bridgehead atoms. The molecule has 1 aliphatic rings. The molecular weight excluding hydrogens is 370 g/mol. The monoisotopic (exact) mass is 405 g/mol. The number of anilines is 1. The minimum absolute atomic E-state index is 0.0257. The molecule has 2 N–H and O–H groups in total. The van der Waals surface area contributed by atoms with Gasteiger partial charge in [0.25, 0.3) is 5.91 Å². The molecule has 160 valence electrons. The predicted octanol–water partition coefficient (Wildman–Crippen LogP) is 4.87. The molecule has 1 saturated heterocycles. The Hall–Kier alpha value is -2.59. The van der Waals surface area contributed by atoms with Crippen molar-refractivity contribution < 1.29 is 4.79 Å². The molecule has 2 aromatic carbocycles. The van der Waals surface area contributed by atoms with Crippen molar-refractivity contribution in [1.82, 2.24) is 10.6 Å². The molecule has 0 aliphatic carbocycles. The van der Waals surface area contributed by atoms with Crippen LogP contribution < -0.4 is 15.5 Å². The van der Waals surface area contributed by atoms with Crippen LogP contribution >= 0.6 is 0 Å². The van der Waals surface area contributed by atoms with Crippen molar-refractivity contribution in [1.29, 1.82) is 0 Å². The van der Waals surface area contributed by atoms with E-state index in [-0.39, 0.29) is 11.9 Å². The lowest BCUT2D eigenvalue weighted by Crippen LogP contribution is -2.56. The third-order valence-electron chi connectivity index (χ3n) is 6.00. The quantitative estimate of drug-likeness (QED) is 0.691. The van der Waals surface area contributed by atoms with Crippen LogP contribution in [-0.4, -0.2) is 32.1 Å². The Bertz CT molecular complexity index is 928. The lowest BCUT2D eigenvalue weighted by Gasteiger charge is -2.37. The zero-order valence-corrected chi connectivity index (χ0v) is 19.1. The Labute approximate surface area is 181 Å². The van der Waals surface area contributed by atoms with Gasteiger partial charge in [0, 0.05) is 31.4 Å². The molecule has 30 heavy (non-hydrogen) atoms. The Morgan fingerprint density at radius 3 is 2.50 bits per heavy atom. The lowest BCUT2D eigenvalue weighted by atomic mass is 9.95. The first-order valence-electron chi connectivity index (χ1n) is 10.9. The van der Waals surface area contributed by atoms with Crippen LogP contribution in [0, 0.1) is 19.8 Å². The first kappa shape index (κ1) is 22.1. The molecule has 1 heterocycles. The van der Waals surface area contributed by atoms with E-state index in [4.69, 9.17) is 0 Å². The van der Waals surface area contributed by atoms with Crippen molar-refractivity contribution in [2.24, 2.45) is 5.92 Å². The van der Waals surface area contributed by atoms with Gasteiger partial charge in [-0.25, -0.2) is 0 Å². The number of carbonyl (C=O) groups is 1. The van der Waals surface area contributed by atoms with Gasteiger partial charge in [0.2, 0.25) is 0 Å². The van der Waals surface area contributed by atoms with Crippen molar-refractivity contribution >= 4 is 17.7 Å². The van der Waals surface area contributed by atoms with Gasteiger partial charge in [-0.2, -0.15) is 0 Å². The molecule has 0 saturated carbocycles. The van der Waals surface area contributed by atoms with E-state index in [0.717, 1.165) is 35.5 Å². The molecule has 4 heteroatoms. The maximum Gasteiger partial charge on any atom is 0.252 e. The summed E-state index contributed by atoms with van der Waals surface area (Å²) in [6.07, 6.45) is 4.39. The number of rotatable bonds is 7. The third kappa shape index (κ3) is 4.93. The average Bonchev–Trinajstić information content (AvgIpc) is 2.65. The van der Waals surface area contributed by atoms with Gasteiger partial charge < -0.3 is 15.5 Å². The highest BCUT2D eigenvalue weighted by Gasteiger charge is 2.23. The van der Waals surface area contributed by atoms with Gasteiger partial charge in [-0.3, -0.25) is 4.79 Å². The number of aryl methyl sites for hydroxylation is 2. The molecule has 1 unspecified atom stereocenters. The first-order valence-corrected chi connectivity index (χ1v) is 10.9. The average molecular weight is 406 g/mol. The van der Waals surface area contributed by atoms with Gasteiger partial charge in [-0.1, -0.05) is 50.3 Å². The summed E-state index contributed by atoms with van der Waals surface area (Å²) in [4.78, 5) is 15.4. The largest absolute Gasteiger partial charge is 0.369 e. The van der Waals surface area contributed by atoms with E-state index in [1.807, 2.05) is 19.1 Å². The van der Waals surface area contributed by atoms with E-state index in [1.54, 1.807) is 0 Å². The molecule has 4 nitrogen and oxygen atoms in total. The van der Waals surface area contributed by atoms with E-state index in [0.29, 0.717) is 12.0 Å². The Kier molecular flexibility index (Phi) is 6.99. The molecule has 1 atom stereocenters. The molecular formula is C26H35N3O. The summed E-state index contributed by atoms with van der Waals surface area (Å²) >= 11 is 0. The number of nitrogens with one attached hydrogen (secondary N) is 2. The van der Waals surface area contributed by atoms with Crippen molar-refractivity contribution in [3.63, 3.8) is 0 Å². The first-order chi connectivity index (χ1) is 14.3. The number of likely N-dealkylation sites (N-methyl/N-ethyl adjacent to an activating group) is 1. The summed E-state index contributed by atoms with van der Waals surface area (Å²) in [6.45, 7) is 12.5.